The second-order valence-corrected chi connectivity index (χ2v) is 17.5. The van der Waals surface area contributed by atoms with Crippen LogP contribution >= 0.6 is 0 Å². The normalized spacial score (nSPS) is 16.5. The van der Waals surface area contributed by atoms with Crippen LogP contribution in [0, 0.1) is 0 Å². The quantitative estimate of drug-likeness (QED) is 0.158. The number of allylic oxidation sites excluding steroid dienone is 4. The maximum Gasteiger partial charge on any atom is 0.0686 e. The fourth-order valence-corrected chi connectivity index (χ4v) is 11.5. The van der Waals surface area contributed by atoms with Crippen molar-refractivity contribution in [3.63, 3.8) is 0 Å². The van der Waals surface area contributed by atoms with E-state index >= 15 is 0 Å². The number of fused-ring (bicyclic) bond motifs is 12. The van der Waals surface area contributed by atoms with Crippen LogP contribution in [0.25, 0.3) is 43.8 Å². The number of hydrogen-bond acceptors (Lipinski definition) is 2. The van der Waals surface area contributed by atoms with Gasteiger partial charge in [0.15, 0.2) is 0 Å². The van der Waals surface area contributed by atoms with Crippen LogP contribution in [0.2, 0.25) is 0 Å². The Kier molecular flexibility index (Phi) is 8.60. The van der Waals surface area contributed by atoms with Crippen molar-refractivity contribution in [2.45, 2.75) is 17.8 Å². The lowest BCUT2D eigenvalue weighted by molar-refractivity contribution is 0.708. The largest absolute Gasteiger partial charge is 0.310 e. The molecule has 0 saturated heterocycles. The van der Waals surface area contributed by atoms with E-state index in [1.54, 1.807) is 0 Å². The molecule has 0 saturated carbocycles. The minimum absolute atomic E-state index is 0.356. The fourth-order valence-electron chi connectivity index (χ4n) is 11.5. The van der Waals surface area contributed by atoms with Gasteiger partial charge in [0.05, 0.1) is 16.8 Å². The van der Waals surface area contributed by atoms with E-state index in [0.717, 1.165) is 40.5 Å². The number of rotatable bonds is 7. The molecule has 2 heteroatoms. The summed E-state index contributed by atoms with van der Waals surface area (Å²) >= 11 is 0. The molecule has 0 bridgehead atoms. The molecule has 3 aliphatic carbocycles. The molecule has 2 unspecified atom stereocenters. The van der Waals surface area contributed by atoms with E-state index in [1.165, 1.54) is 71.6 Å². The number of para-hydroxylation sites is 1. The minimum atomic E-state index is -0.363. The van der Waals surface area contributed by atoms with Gasteiger partial charge in [-0.05, 0) is 128 Å². The first-order valence-electron chi connectivity index (χ1n) is 22.8. The zero-order valence-electron chi connectivity index (χ0n) is 35.9. The Morgan fingerprint density at radius 1 is 0.385 bits per heavy atom. The first kappa shape index (κ1) is 37.4. The van der Waals surface area contributed by atoms with Gasteiger partial charge in [-0.1, -0.05) is 188 Å². The Morgan fingerprint density at radius 3 is 1.57 bits per heavy atom. The highest BCUT2D eigenvalue weighted by atomic mass is 15.1. The van der Waals surface area contributed by atoms with Crippen molar-refractivity contribution >= 4 is 55.7 Å². The lowest BCUT2D eigenvalue weighted by atomic mass is 9.69. The maximum atomic E-state index is 2.51. The van der Waals surface area contributed by atoms with Crippen molar-refractivity contribution in [2.24, 2.45) is 0 Å². The first-order chi connectivity index (χ1) is 32.3. The lowest BCUT2D eigenvalue weighted by Gasteiger charge is -2.34. The molecule has 10 aromatic rings. The highest BCUT2D eigenvalue weighted by Crippen LogP contribution is 2.65. The minimum Gasteiger partial charge on any atom is -0.310 e. The van der Waals surface area contributed by atoms with Crippen LogP contribution in [0.5, 0.6) is 0 Å². The third-order valence-corrected chi connectivity index (χ3v) is 14.2. The van der Waals surface area contributed by atoms with Crippen LogP contribution in [-0.4, -0.2) is 0 Å². The summed E-state index contributed by atoms with van der Waals surface area (Å²) in [5, 5.41) is 4.88. The number of benzene rings is 10. The maximum absolute atomic E-state index is 2.51. The highest BCUT2D eigenvalue weighted by molar-refractivity contribution is 6.01. The van der Waals surface area contributed by atoms with E-state index in [2.05, 4.69) is 259 Å². The molecule has 1 spiro atoms. The summed E-state index contributed by atoms with van der Waals surface area (Å²) in [6.45, 7) is 0. The van der Waals surface area contributed by atoms with Gasteiger partial charge in [-0.2, -0.15) is 0 Å². The Labute approximate surface area is 380 Å². The van der Waals surface area contributed by atoms with Crippen LogP contribution in [0.3, 0.4) is 0 Å². The molecule has 2 atom stereocenters. The predicted octanol–water partition coefficient (Wildman–Crippen LogP) is 16.9. The Bertz CT molecular complexity index is 3520. The topological polar surface area (TPSA) is 6.48 Å². The van der Waals surface area contributed by atoms with Crippen LogP contribution in [-0.2, 0) is 5.41 Å². The van der Waals surface area contributed by atoms with E-state index in [1.807, 2.05) is 0 Å². The van der Waals surface area contributed by atoms with E-state index < -0.39 is 0 Å². The predicted molar refractivity (Wildman–Crippen MR) is 273 cm³/mol. The van der Waals surface area contributed by atoms with Crippen molar-refractivity contribution in [1.82, 2.24) is 0 Å². The zero-order valence-corrected chi connectivity index (χ0v) is 35.9. The molecule has 13 rings (SSSR count). The van der Waals surface area contributed by atoms with Gasteiger partial charge in [0.2, 0.25) is 0 Å². The number of hydrogen-bond donors (Lipinski definition) is 0. The molecule has 306 valence electrons. The summed E-state index contributed by atoms with van der Waals surface area (Å²) in [7, 11) is 0. The average molecular weight is 829 g/mol. The lowest BCUT2D eigenvalue weighted by Crippen LogP contribution is -2.27. The molecular weight excluding hydrogens is 785 g/mol. The van der Waals surface area contributed by atoms with Crippen LogP contribution in [0.1, 0.15) is 34.6 Å². The number of anilines is 6. The molecule has 3 aliphatic rings. The Hall–Kier alpha value is -8.20. The van der Waals surface area contributed by atoms with Gasteiger partial charge in [0, 0.05) is 39.4 Å². The van der Waals surface area contributed by atoms with Crippen molar-refractivity contribution in [3.8, 4) is 22.3 Å². The van der Waals surface area contributed by atoms with Crippen molar-refractivity contribution in [3.05, 3.63) is 277 Å². The van der Waals surface area contributed by atoms with Crippen molar-refractivity contribution in [2.75, 3.05) is 9.80 Å². The van der Waals surface area contributed by atoms with Crippen molar-refractivity contribution < 1.29 is 0 Å². The van der Waals surface area contributed by atoms with Gasteiger partial charge < -0.3 is 9.80 Å². The summed E-state index contributed by atoms with van der Waals surface area (Å²) in [5.74, 6) is 0.356. The second kappa shape index (κ2) is 15.0. The summed E-state index contributed by atoms with van der Waals surface area (Å²) in [6.07, 6.45) is 8.07. The van der Waals surface area contributed by atoms with E-state index in [-0.39, 0.29) is 5.41 Å². The monoisotopic (exact) mass is 828 g/mol. The molecule has 0 aliphatic heterocycles. The summed E-state index contributed by atoms with van der Waals surface area (Å²) < 4.78 is 0. The highest BCUT2D eigenvalue weighted by Gasteiger charge is 2.55. The summed E-state index contributed by atoms with van der Waals surface area (Å²) in [6, 6.07) is 85.1. The molecular formula is C63H44N2. The van der Waals surface area contributed by atoms with Crippen LogP contribution in [0.15, 0.2) is 254 Å². The third kappa shape index (κ3) is 5.74. The second-order valence-electron chi connectivity index (χ2n) is 17.5. The SMILES string of the molecule is C1=CCC2C(=C1)C1(c3ccccc3-c3ccc(N(c4ccc(-c5ccc(N(c6ccccc6)c6cccc7ccccc67)cc5)cc4)c4cccc5ccccc45)cc31)c1ccccc12. The molecule has 2 nitrogen and oxygen atoms in total. The van der Waals surface area contributed by atoms with Gasteiger partial charge in [0.1, 0.15) is 0 Å². The van der Waals surface area contributed by atoms with Crippen molar-refractivity contribution in [1.29, 1.82) is 0 Å². The molecule has 0 aromatic heterocycles. The third-order valence-electron chi connectivity index (χ3n) is 14.2. The fraction of sp³-hybridized carbons (Fsp3) is 0.0476. The molecule has 0 heterocycles. The molecule has 0 radical (unpaired) electrons. The van der Waals surface area contributed by atoms with E-state index in [4.69, 9.17) is 0 Å². The molecule has 0 fully saturated rings. The average Bonchev–Trinajstić information content (AvgIpc) is 3.85. The van der Waals surface area contributed by atoms with E-state index in [9.17, 15) is 0 Å². The Morgan fingerprint density at radius 2 is 0.892 bits per heavy atom. The molecule has 0 N–H and O–H groups in total. The number of nitrogens with zero attached hydrogens (tertiary/aromatic N) is 2. The van der Waals surface area contributed by atoms with Crippen LogP contribution in [0.4, 0.5) is 34.1 Å². The standard InChI is InChI=1S/C63H44N2/c1-2-20-47(21-3-1)64(61-30-14-18-45-16-4-6-22-51(45)61)48-36-32-43(33-37-48)44-34-38-49(39-35-44)65(62-31-15-19-46-17-5-7-23-52(46)62)50-40-41-56-55-26-10-13-29-59(55)63(60(56)42-50)57-27-11-8-24-53(57)54-25-9-12-28-58(54)63/h1-24,26-42,54H,25H2. The van der Waals surface area contributed by atoms with Gasteiger partial charge in [-0.15, -0.1) is 0 Å². The van der Waals surface area contributed by atoms with Gasteiger partial charge in [0.25, 0.3) is 0 Å². The van der Waals surface area contributed by atoms with Crippen LogP contribution < -0.4 is 9.80 Å². The van der Waals surface area contributed by atoms with Gasteiger partial charge in [-0.25, -0.2) is 0 Å². The molecule has 10 aromatic carbocycles. The first-order valence-corrected chi connectivity index (χ1v) is 22.8. The van der Waals surface area contributed by atoms with E-state index in [0.29, 0.717) is 5.92 Å². The summed E-state index contributed by atoms with van der Waals surface area (Å²) in [4.78, 5) is 4.84. The molecule has 0 amide bonds. The smallest absolute Gasteiger partial charge is 0.0686 e. The van der Waals surface area contributed by atoms with Gasteiger partial charge >= 0.3 is 0 Å². The Balaban J connectivity index is 0.932. The molecule has 65 heavy (non-hydrogen) atoms. The van der Waals surface area contributed by atoms with Gasteiger partial charge in [-0.3, -0.25) is 0 Å². The zero-order chi connectivity index (χ0) is 42.9. The summed E-state index contributed by atoms with van der Waals surface area (Å²) in [5.41, 5.74) is 18.5.